The Hall–Kier alpha value is -2.57. The third-order valence-electron chi connectivity index (χ3n) is 3.67. The Morgan fingerprint density at radius 1 is 1.30 bits per heavy atom. The number of esters is 1. The lowest BCUT2D eigenvalue weighted by atomic mass is 10.2. The summed E-state index contributed by atoms with van der Waals surface area (Å²) in [4.78, 5) is 34.0. The van der Waals surface area contributed by atoms with E-state index in [2.05, 4.69) is 0 Å². The second-order valence-corrected chi connectivity index (χ2v) is 7.50. The quantitative estimate of drug-likeness (QED) is 0.636. The van der Waals surface area contributed by atoms with Crippen molar-refractivity contribution in [1.82, 2.24) is 9.62 Å². The van der Waals surface area contributed by atoms with Gasteiger partial charge < -0.3 is 15.2 Å². The van der Waals surface area contributed by atoms with E-state index in [1.54, 1.807) is 5.32 Å². The lowest BCUT2D eigenvalue weighted by molar-refractivity contribution is -0.127. The van der Waals surface area contributed by atoms with Crippen molar-refractivity contribution in [3.63, 3.8) is 0 Å². The molecule has 27 heavy (non-hydrogen) atoms. The van der Waals surface area contributed by atoms with E-state index in [9.17, 15) is 27.2 Å². The molecule has 3 N–H and O–H groups in total. The summed E-state index contributed by atoms with van der Waals surface area (Å²) in [5.74, 6) is -3.30. The third kappa shape index (κ3) is 4.99. The number of urea groups is 1. The van der Waals surface area contributed by atoms with Crippen molar-refractivity contribution in [2.75, 3.05) is 26.3 Å². The molecule has 12 heteroatoms. The van der Waals surface area contributed by atoms with Gasteiger partial charge in [-0.1, -0.05) is 0 Å². The lowest BCUT2D eigenvalue weighted by Gasteiger charge is -2.26. The number of nitrogens with zero attached hydrogens (tertiary/aromatic N) is 1. The molecule has 0 spiro atoms. The van der Waals surface area contributed by atoms with Crippen LogP contribution in [0.3, 0.4) is 0 Å². The number of benzene rings is 1. The second kappa shape index (κ2) is 8.41. The van der Waals surface area contributed by atoms with Gasteiger partial charge in [-0.2, -0.15) is 4.31 Å². The molecular formula is C15H18FN3O7S. The molecule has 1 atom stereocenters. The molecule has 1 aliphatic rings. The molecule has 1 unspecified atom stereocenters. The molecule has 1 aromatic carbocycles. The zero-order valence-corrected chi connectivity index (χ0v) is 15.1. The van der Waals surface area contributed by atoms with Crippen LogP contribution in [0.5, 0.6) is 0 Å². The van der Waals surface area contributed by atoms with Crippen molar-refractivity contribution in [2.45, 2.75) is 17.9 Å². The summed E-state index contributed by atoms with van der Waals surface area (Å²) in [5, 5.41) is 1.71. The molecular weight excluding hydrogens is 385 g/mol. The first kappa shape index (κ1) is 20.7. The van der Waals surface area contributed by atoms with Gasteiger partial charge in [0.2, 0.25) is 10.0 Å². The van der Waals surface area contributed by atoms with E-state index in [1.807, 2.05) is 0 Å². The van der Waals surface area contributed by atoms with E-state index in [0.29, 0.717) is 0 Å². The topological polar surface area (TPSA) is 145 Å². The summed E-state index contributed by atoms with van der Waals surface area (Å²) in [6.07, 6.45) is -1.45. The van der Waals surface area contributed by atoms with Gasteiger partial charge in [-0.25, -0.2) is 22.4 Å². The van der Waals surface area contributed by atoms with Gasteiger partial charge >= 0.3 is 12.0 Å². The summed E-state index contributed by atoms with van der Waals surface area (Å²) in [6, 6.07) is 1.53. The summed E-state index contributed by atoms with van der Waals surface area (Å²) in [7, 11) is -3.96. The Labute approximate surface area is 154 Å². The van der Waals surface area contributed by atoms with Crippen LogP contribution >= 0.6 is 0 Å². The van der Waals surface area contributed by atoms with Crippen molar-refractivity contribution in [3.05, 3.63) is 29.6 Å². The van der Waals surface area contributed by atoms with E-state index in [4.69, 9.17) is 15.2 Å². The molecule has 3 amide bonds. The molecule has 0 radical (unpaired) electrons. The minimum atomic E-state index is -3.96. The first-order chi connectivity index (χ1) is 12.6. The number of hydrogen-bond donors (Lipinski definition) is 2. The Kier molecular flexibility index (Phi) is 6.46. The molecule has 1 aromatic rings. The number of nitrogens with one attached hydrogen (secondary N) is 1. The number of carbonyl (C=O) groups is 3. The van der Waals surface area contributed by atoms with Crippen molar-refractivity contribution in [2.24, 2.45) is 5.73 Å². The van der Waals surface area contributed by atoms with Crippen LogP contribution in [0.1, 0.15) is 17.3 Å². The van der Waals surface area contributed by atoms with E-state index >= 15 is 0 Å². The predicted molar refractivity (Wildman–Crippen MR) is 88.6 cm³/mol. The van der Waals surface area contributed by atoms with Gasteiger partial charge in [0.05, 0.1) is 23.7 Å². The van der Waals surface area contributed by atoms with Crippen LogP contribution in [0.2, 0.25) is 0 Å². The fourth-order valence-corrected chi connectivity index (χ4v) is 3.69. The number of imide groups is 1. The van der Waals surface area contributed by atoms with Crippen LogP contribution in [0.15, 0.2) is 23.1 Å². The number of hydrogen-bond acceptors (Lipinski definition) is 7. The number of ether oxygens (including phenoxy) is 2. The number of morpholine rings is 1. The molecule has 1 heterocycles. The summed E-state index contributed by atoms with van der Waals surface area (Å²) >= 11 is 0. The molecule has 0 aliphatic carbocycles. The zero-order chi connectivity index (χ0) is 20.2. The average molecular weight is 403 g/mol. The Morgan fingerprint density at radius 2 is 1.93 bits per heavy atom. The SMILES string of the molecule is CC(OC(=O)c1cc(S(=O)(=O)N2CCOCC2)ccc1F)C(=O)NC(N)=O. The van der Waals surface area contributed by atoms with Crippen molar-refractivity contribution in [3.8, 4) is 0 Å². The number of carbonyl (C=O) groups excluding carboxylic acids is 3. The maximum absolute atomic E-state index is 14.0. The van der Waals surface area contributed by atoms with E-state index in [1.165, 1.54) is 0 Å². The lowest BCUT2D eigenvalue weighted by Crippen LogP contribution is -2.42. The summed E-state index contributed by atoms with van der Waals surface area (Å²) < 4.78 is 50.2. The van der Waals surface area contributed by atoms with Crippen LogP contribution in [0.25, 0.3) is 0 Å². The van der Waals surface area contributed by atoms with Crippen LogP contribution < -0.4 is 11.1 Å². The van der Waals surface area contributed by atoms with Gasteiger partial charge in [0.1, 0.15) is 5.82 Å². The van der Waals surface area contributed by atoms with Gasteiger partial charge in [0.25, 0.3) is 5.91 Å². The number of amides is 3. The molecule has 1 saturated heterocycles. The molecule has 0 bridgehead atoms. The minimum Gasteiger partial charge on any atom is -0.449 e. The number of sulfonamides is 1. The first-order valence-corrected chi connectivity index (χ1v) is 9.25. The van der Waals surface area contributed by atoms with Crippen LogP contribution in [0, 0.1) is 5.82 Å². The molecule has 2 rings (SSSR count). The number of rotatable bonds is 5. The van der Waals surface area contributed by atoms with E-state index < -0.39 is 45.4 Å². The highest BCUT2D eigenvalue weighted by molar-refractivity contribution is 7.89. The number of primary amides is 1. The largest absolute Gasteiger partial charge is 0.449 e. The Morgan fingerprint density at radius 3 is 2.52 bits per heavy atom. The monoisotopic (exact) mass is 403 g/mol. The van der Waals surface area contributed by atoms with Gasteiger partial charge in [-0.05, 0) is 25.1 Å². The van der Waals surface area contributed by atoms with Crippen LogP contribution in [0.4, 0.5) is 9.18 Å². The fourth-order valence-electron chi connectivity index (χ4n) is 2.26. The molecule has 148 valence electrons. The van der Waals surface area contributed by atoms with Gasteiger partial charge in [0, 0.05) is 13.1 Å². The normalized spacial score (nSPS) is 16.4. The predicted octanol–water partition coefficient (Wildman–Crippen LogP) is -0.413. The standard InChI is InChI=1S/C15H18FN3O7S/c1-9(13(20)18-15(17)22)26-14(21)11-8-10(2-3-12(11)16)27(23,24)19-4-6-25-7-5-19/h2-3,8-9H,4-7H2,1H3,(H3,17,18,20,22). The fraction of sp³-hybridized carbons (Fsp3) is 0.400. The van der Waals surface area contributed by atoms with Crippen LogP contribution in [-0.4, -0.2) is 63.0 Å². The second-order valence-electron chi connectivity index (χ2n) is 5.56. The highest BCUT2D eigenvalue weighted by Crippen LogP contribution is 2.21. The van der Waals surface area contributed by atoms with Crippen molar-refractivity contribution >= 4 is 27.9 Å². The van der Waals surface area contributed by atoms with Gasteiger partial charge in [-0.15, -0.1) is 0 Å². The van der Waals surface area contributed by atoms with Crippen LogP contribution in [-0.2, 0) is 24.3 Å². The molecule has 0 saturated carbocycles. The third-order valence-corrected chi connectivity index (χ3v) is 5.56. The number of halogens is 1. The number of nitrogens with two attached hydrogens (primary N) is 1. The average Bonchev–Trinajstić information content (AvgIpc) is 2.61. The smallest absolute Gasteiger partial charge is 0.341 e. The summed E-state index contributed by atoms with van der Waals surface area (Å²) in [5.41, 5.74) is 4.12. The van der Waals surface area contributed by atoms with Crippen molar-refractivity contribution in [1.29, 1.82) is 0 Å². The van der Waals surface area contributed by atoms with Crippen molar-refractivity contribution < 1.29 is 36.7 Å². The van der Waals surface area contributed by atoms with E-state index in [0.717, 1.165) is 29.4 Å². The minimum absolute atomic E-state index is 0.129. The maximum Gasteiger partial charge on any atom is 0.341 e. The highest BCUT2D eigenvalue weighted by atomic mass is 32.2. The highest BCUT2D eigenvalue weighted by Gasteiger charge is 2.29. The molecule has 1 aliphatic heterocycles. The zero-order valence-electron chi connectivity index (χ0n) is 14.3. The molecule has 1 fully saturated rings. The van der Waals surface area contributed by atoms with Gasteiger partial charge in [0.15, 0.2) is 6.10 Å². The Bertz CT molecular complexity index is 853. The van der Waals surface area contributed by atoms with E-state index in [-0.39, 0.29) is 31.2 Å². The molecule has 10 nitrogen and oxygen atoms in total. The Balaban J connectivity index is 2.22. The van der Waals surface area contributed by atoms with Gasteiger partial charge in [-0.3, -0.25) is 10.1 Å². The first-order valence-electron chi connectivity index (χ1n) is 7.81. The maximum atomic E-state index is 14.0. The molecule has 0 aromatic heterocycles. The summed E-state index contributed by atoms with van der Waals surface area (Å²) in [6.45, 7) is 1.85.